The van der Waals surface area contributed by atoms with Crippen molar-refractivity contribution >= 4 is 0 Å². The molecule has 2 heteroatoms. The number of hydrogen-bond donors (Lipinski definition) is 1. The quantitative estimate of drug-likeness (QED) is 0.758. The Bertz CT molecular complexity index is 164. The molecule has 0 aromatic carbocycles. The minimum Gasteiger partial charge on any atom is -0.381 e. The minimum atomic E-state index is 0.632. The molecular formula is C13H27NO. The second-order valence-corrected chi connectivity index (χ2v) is 5.28. The maximum Gasteiger partial charge on any atom is 0.0468 e. The molecule has 1 N–H and O–H groups in total. The number of nitrogens with one attached hydrogen (secondary N) is 1. The molecule has 1 aliphatic rings. The van der Waals surface area contributed by atoms with Crippen LogP contribution in [0.4, 0.5) is 0 Å². The van der Waals surface area contributed by atoms with Crippen LogP contribution in [-0.2, 0) is 4.74 Å². The van der Waals surface area contributed by atoms with Gasteiger partial charge < -0.3 is 10.1 Å². The molecule has 1 heterocycles. The molecule has 2 atom stereocenters. The topological polar surface area (TPSA) is 21.3 Å². The largest absolute Gasteiger partial charge is 0.381 e. The standard InChI is InChI=1S/C13H27NO/c1-10(2)13(11(3)14-4)9-12-5-7-15-8-6-12/h10-14H,5-9H2,1-4H3. The van der Waals surface area contributed by atoms with Crippen LogP contribution in [0.3, 0.4) is 0 Å². The number of ether oxygens (including phenoxy) is 1. The van der Waals surface area contributed by atoms with Gasteiger partial charge in [-0.3, -0.25) is 0 Å². The molecule has 2 unspecified atom stereocenters. The highest BCUT2D eigenvalue weighted by Crippen LogP contribution is 2.29. The first kappa shape index (κ1) is 13.0. The zero-order valence-electron chi connectivity index (χ0n) is 10.8. The van der Waals surface area contributed by atoms with Gasteiger partial charge in [0.1, 0.15) is 0 Å². The summed E-state index contributed by atoms with van der Waals surface area (Å²) in [5.41, 5.74) is 0. The first-order valence-corrected chi connectivity index (χ1v) is 6.40. The van der Waals surface area contributed by atoms with E-state index in [2.05, 4.69) is 33.1 Å². The van der Waals surface area contributed by atoms with E-state index in [9.17, 15) is 0 Å². The van der Waals surface area contributed by atoms with Crippen LogP contribution < -0.4 is 5.32 Å². The van der Waals surface area contributed by atoms with Gasteiger partial charge in [-0.15, -0.1) is 0 Å². The molecule has 0 aliphatic carbocycles. The molecule has 1 fully saturated rings. The van der Waals surface area contributed by atoms with Crippen molar-refractivity contribution in [2.24, 2.45) is 17.8 Å². The van der Waals surface area contributed by atoms with Crippen molar-refractivity contribution in [3.63, 3.8) is 0 Å². The highest BCUT2D eigenvalue weighted by atomic mass is 16.5. The second-order valence-electron chi connectivity index (χ2n) is 5.28. The molecule has 0 saturated carbocycles. The fraction of sp³-hybridized carbons (Fsp3) is 1.00. The van der Waals surface area contributed by atoms with Crippen molar-refractivity contribution in [1.82, 2.24) is 5.32 Å². The molecule has 90 valence electrons. The van der Waals surface area contributed by atoms with Gasteiger partial charge in [0.2, 0.25) is 0 Å². The van der Waals surface area contributed by atoms with E-state index in [0.717, 1.165) is 31.0 Å². The number of hydrogen-bond acceptors (Lipinski definition) is 2. The fourth-order valence-electron chi connectivity index (χ4n) is 2.63. The van der Waals surface area contributed by atoms with Crippen molar-refractivity contribution in [2.75, 3.05) is 20.3 Å². The molecule has 0 aromatic heterocycles. The smallest absolute Gasteiger partial charge is 0.0468 e. The van der Waals surface area contributed by atoms with Gasteiger partial charge in [-0.1, -0.05) is 13.8 Å². The van der Waals surface area contributed by atoms with Crippen LogP contribution in [0.1, 0.15) is 40.0 Å². The third-order valence-corrected chi connectivity index (χ3v) is 3.90. The lowest BCUT2D eigenvalue weighted by molar-refractivity contribution is 0.0530. The van der Waals surface area contributed by atoms with Gasteiger partial charge in [0.15, 0.2) is 0 Å². The predicted octanol–water partition coefficient (Wildman–Crippen LogP) is 2.68. The van der Waals surface area contributed by atoms with E-state index in [1.54, 1.807) is 0 Å². The SMILES string of the molecule is CNC(C)C(CC1CCOCC1)C(C)C. The van der Waals surface area contributed by atoms with Gasteiger partial charge in [-0.2, -0.15) is 0 Å². The fourth-order valence-corrected chi connectivity index (χ4v) is 2.63. The lowest BCUT2D eigenvalue weighted by atomic mass is 9.79. The number of rotatable bonds is 5. The normalized spacial score (nSPS) is 23.0. The van der Waals surface area contributed by atoms with Gasteiger partial charge in [0.05, 0.1) is 0 Å². The highest BCUT2D eigenvalue weighted by Gasteiger charge is 2.24. The monoisotopic (exact) mass is 213 g/mol. The molecular weight excluding hydrogens is 186 g/mol. The molecule has 0 spiro atoms. The van der Waals surface area contributed by atoms with Gasteiger partial charge in [-0.05, 0) is 51.0 Å². The van der Waals surface area contributed by atoms with E-state index in [0.29, 0.717) is 6.04 Å². The summed E-state index contributed by atoms with van der Waals surface area (Å²) in [4.78, 5) is 0. The van der Waals surface area contributed by atoms with Gasteiger partial charge in [-0.25, -0.2) is 0 Å². The summed E-state index contributed by atoms with van der Waals surface area (Å²) < 4.78 is 5.41. The molecule has 0 amide bonds. The van der Waals surface area contributed by atoms with E-state index in [4.69, 9.17) is 4.74 Å². The highest BCUT2D eigenvalue weighted by molar-refractivity contribution is 4.78. The van der Waals surface area contributed by atoms with Gasteiger partial charge >= 0.3 is 0 Å². The van der Waals surface area contributed by atoms with Crippen molar-refractivity contribution in [3.8, 4) is 0 Å². The summed E-state index contributed by atoms with van der Waals surface area (Å²) in [7, 11) is 2.07. The van der Waals surface area contributed by atoms with E-state index in [1.165, 1.54) is 19.3 Å². The summed E-state index contributed by atoms with van der Waals surface area (Å²) in [6.45, 7) is 8.95. The Labute approximate surface area is 94.8 Å². The summed E-state index contributed by atoms with van der Waals surface area (Å²) in [6, 6.07) is 0.632. The summed E-state index contributed by atoms with van der Waals surface area (Å²) in [5.74, 6) is 2.47. The third kappa shape index (κ3) is 4.12. The zero-order chi connectivity index (χ0) is 11.3. The Morgan fingerprint density at radius 2 is 1.80 bits per heavy atom. The van der Waals surface area contributed by atoms with E-state index < -0.39 is 0 Å². The first-order valence-electron chi connectivity index (χ1n) is 6.40. The predicted molar refractivity (Wildman–Crippen MR) is 65.0 cm³/mol. The molecule has 1 rings (SSSR count). The van der Waals surface area contributed by atoms with Crippen LogP contribution in [0.2, 0.25) is 0 Å². The van der Waals surface area contributed by atoms with Crippen LogP contribution in [-0.4, -0.2) is 26.3 Å². The van der Waals surface area contributed by atoms with Crippen LogP contribution in [0.25, 0.3) is 0 Å². The van der Waals surface area contributed by atoms with Crippen molar-refractivity contribution < 1.29 is 4.74 Å². The summed E-state index contributed by atoms with van der Waals surface area (Å²) >= 11 is 0. The van der Waals surface area contributed by atoms with Gasteiger partial charge in [0.25, 0.3) is 0 Å². The zero-order valence-corrected chi connectivity index (χ0v) is 10.8. The van der Waals surface area contributed by atoms with Crippen molar-refractivity contribution in [3.05, 3.63) is 0 Å². The maximum atomic E-state index is 5.41. The van der Waals surface area contributed by atoms with Crippen LogP contribution in [0.15, 0.2) is 0 Å². The Morgan fingerprint density at radius 1 is 1.20 bits per heavy atom. The van der Waals surface area contributed by atoms with Crippen molar-refractivity contribution in [2.45, 2.75) is 46.1 Å². The van der Waals surface area contributed by atoms with Crippen LogP contribution in [0, 0.1) is 17.8 Å². The molecule has 1 saturated heterocycles. The van der Waals surface area contributed by atoms with E-state index >= 15 is 0 Å². The Hall–Kier alpha value is -0.0800. The molecule has 0 radical (unpaired) electrons. The Morgan fingerprint density at radius 3 is 2.27 bits per heavy atom. The second kappa shape index (κ2) is 6.49. The first-order chi connectivity index (χ1) is 7.15. The van der Waals surface area contributed by atoms with Crippen LogP contribution in [0.5, 0.6) is 0 Å². The third-order valence-electron chi connectivity index (χ3n) is 3.90. The average Bonchev–Trinajstić information content (AvgIpc) is 2.26. The molecule has 15 heavy (non-hydrogen) atoms. The van der Waals surface area contributed by atoms with Crippen LogP contribution >= 0.6 is 0 Å². The molecule has 2 nitrogen and oxygen atoms in total. The lowest BCUT2D eigenvalue weighted by Gasteiger charge is -2.32. The molecule has 0 bridgehead atoms. The van der Waals surface area contributed by atoms with Gasteiger partial charge in [0, 0.05) is 19.3 Å². The Kier molecular flexibility index (Phi) is 5.62. The van der Waals surface area contributed by atoms with E-state index in [-0.39, 0.29) is 0 Å². The minimum absolute atomic E-state index is 0.632. The Balaban J connectivity index is 2.42. The average molecular weight is 213 g/mol. The maximum absolute atomic E-state index is 5.41. The summed E-state index contributed by atoms with van der Waals surface area (Å²) in [6.07, 6.45) is 3.89. The van der Waals surface area contributed by atoms with Crippen molar-refractivity contribution in [1.29, 1.82) is 0 Å². The molecule has 1 aliphatic heterocycles. The molecule has 0 aromatic rings. The van der Waals surface area contributed by atoms with E-state index in [1.807, 2.05) is 0 Å². The lowest BCUT2D eigenvalue weighted by Crippen LogP contribution is -2.35. The summed E-state index contributed by atoms with van der Waals surface area (Å²) in [5, 5.41) is 3.40.